The van der Waals surface area contributed by atoms with Gasteiger partial charge in [-0.25, -0.2) is 0 Å². The smallest absolute Gasteiger partial charge is 0.220 e. The lowest BCUT2D eigenvalue weighted by molar-refractivity contribution is -0.122. The molecule has 0 aromatic rings. The summed E-state index contributed by atoms with van der Waals surface area (Å²) in [6.07, 6.45) is 28.4. The van der Waals surface area contributed by atoms with Crippen molar-refractivity contribution in [2.24, 2.45) is 0 Å². The second kappa shape index (κ2) is 28.5. The standard InChI is InChI=1S/C27H53NO3.ClH/c1-2-3-4-5-6-7-8-9-10-11-12-13-14-15-16-17-18-19-20-21-27(31)28-26(22-24-29)23-25-30;/h9-10,26,29-30H,2-8,11-25H2,1H3,(H,28,31);1H. The first-order valence-electron chi connectivity index (χ1n) is 13.4. The Morgan fingerprint density at radius 2 is 1.09 bits per heavy atom. The van der Waals surface area contributed by atoms with Crippen LogP contribution in [-0.4, -0.2) is 35.4 Å². The Balaban J connectivity index is 0. The molecule has 0 atom stereocenters. The fraction of sp³-hybridized carbons (Fsp3) is 0.889. The Morgan fingerprint density at radius 1 is 0.688 bits per heavy atom. The predicted octanol–water partition coefficient (Wildman–Crippen LogP) is 7.26. The highest BCUT2D eigenvalue weighted by Gasteiger charge is 2.10. The molecule has 4 nitrogen and oxygen atoms in total. The number of aliphatic hydroxyl groups is 2. The number of hydrogen-bond acceptors (Lipinski definition) is 3. The maximum absolute atomic E-state index is 11.9. The molecule has 192 valence electrons. The van der Waals surface area contributed by atoms with Gasteiger partial charge in [-0.05, 0) is 44.9 Å². The van der Waals surface area contributed by atoms with Crippen molar-refractivity contribution >= 4 is 18.3 Å². The number of unbranched alkanes of at least 4 members (excludes halogenated alkanes) is 15. The molecule has 0 spiro atoms. The summed E-state index contributed by atoms with van der Waals surface area (Å²) in [6.45, 7) is 2.36. The molecule has 0 saturated carbocycles. The van der Waals surface area contributed by atoms with Crippen molar-refractivity contribution in [2.45, 2.75) is 141 Å². The second-order valence-electron chi connectivity index (χ2n) is 9.04. The Labute approximate surface area is 205 Å². The molecule has 0 aliphatic rings. The molecule has 0 heterocycles. The zero-order valence-electron chi connectivity index (χ0n) is 21.0. The average Bonchev–Trinajstić information content (AvgIpc) is 2.75. The minimum Gasteiger partial charge on any atom is -0.396 e. The van der Waals surface area contributed by atoms with E-state index in [0.29, 0.717) is 19.3 Å². The molecule has 0 aliphatic heterocycles. The highest BCUT2D eigenvalue weighted by molar-refractivity contribution is 5.85. The van der Waals surface area contributed by atoms with Crippen LogP contribution in [0.5, 0.6) is 0 Å². The van der Waals surface area contributed by atoms with Gasteiger partial charge in [0.05, 0.1) is 0 Å². The van der Waals surface area contributed by atoms with Crippen molar-refractivity contribution in [3.8, 4) is 0 Å². The van der Waals surface area contributed by atoms with E-state index in [1.54, 1.807) is 0 Å². The van der Waals surface area contributed by atoms with Crippen LogP contribution in [0.2, 0.25) is 0 Å². The lowest BCUT2D eigenvalue weighted by Crippen LogP contribution is -2.36. The van der Waals surface area contributed by atoms with Crippen LogP contribution in [0.1, 0.15) is 135 Å². The highest BCUT2D eigenvalue weighted by Crippen LogP contribution is 2.12. The number of hydrogen-bond donors (Lipinski definition) is 3. The number of halogens is 1. The molecule has 0 bridgehead atoms. The van der Waals surface area contributed by atoms with Gasteiger partial charge >= 0.3 is 0 Å². The quantitative estimate of drug-likeness (QED) is 0.102. The van der Waals surface area contributed by atoms with Crippen molar-refractivity contribution in [1.29, 1.82) is 0 Å². The van der Waals surface area contributed by atoms with E-state index in [0.717, 1.165) is 12.8 Å². The third-order valence-corrected chi connectivity index (χ3v) is 5.99. The average molecular weight is 476 g/mol. The molecule has 32 heavy (non-hydrogen) atoms. The van der Waals surface area contributed by atoms with Crippen molar-refractivity contribution in [1.82, 2.24) is 5.32 Å². The van der Waals surface area contributed by atoms with E-state index in [2.05, 4.69) is 24.4 Å². The molecule has 3 N–H and O–H groups in total. The van der Waals surface area contributed by atoms with Gasteiger partial charge < -0.3 is 15.5 Å². The molecule has 1 amide bonds. The van der Waals surface area contributed by atoms with Crippen LogP contribution in [0.15, 0.2) is 12.2 Å². The molecular weight excluding hydrogens is 422 g/mol. The second-order valence-corrected chi connectivity index (χ2v) is 9.04. The number of carbonyl (C=O) groups excluding carboxylic acids is 1. The first-order chi connectivity index (χ1) is 15.2. The Morgan fingerprint density at radius 3 is 1.53 bits per heavy atom. The van der Waals surface area contributed by atoms with Crippen molar-refractivity contribution in [3.63, 3.8) is 0 Å². The summed E-state index contributed by atoms with van der Waals surface area (Å²) < 4.78 is 0. The van der Waals surface area contributed by atoms with Crippen LogP contribution in [0.4, 0.5) is 0 Å². The topological polar surface area (TPSA) is 69.6 Å². The zero-order chi connectivity index (χ0) is 22.8. The summed E-state index contributed by atoms with van der Waals surface area (Å²) in [7, 11) is 0. The lowest BCUT2D eigenvalue weighted by Gasteiger charge is -2.16. The minimum atomic E-state index is -0.0988. The number of amides is 1. The fourth-order valence-corrected chi connectivity index (χ4v) is 3.96. The lowest BCUT2D eigenvalue weighted by atomic mass is 10.0. The maximum Gasteiger partial charge on any atom is 0.220 e. The third-order valence-electron chi connectivity index (χ3n) is 5.99. The van der Waals surface area contributed by atoms with Crippen molar-refractivity contribution in [3.05, 3.63) is 12.2 Å². The Kier molecular flexibility index (Phi) is 29.9. The molecule has 0 saturated heterocycles. The molecule has 0 radical (unpaired) electrons. The molecule has 0 aromatic heterocycles. The number of nitrogens with one attached hydrogen (secondary N) is 1. The summed E-state index contributed by atoms with van der Waals surface area (Å²) in [6, 6.07) is -0.0988. The predicted molar refractivity (Wildman–Crippen MR) is 141 cm³/mol. The van der Waals surface area contributed by atoms with Gasteiger partial charge in [-0.2, -0.15) is 0 Å². The monoisotopic (exact) mass is 475 g/mol. The Bertz CT molecular complexity index is 398. The molecule has 0 aliphatic carbocycles. The molecule has 0 rings (SSSR count). The molecular formula is C27H54ClNO3. The summed E-state index contributed by atoms with van der Waals surface area (Å²) in [5.74, 6) is 0.0490. The van der Waals surface area contributed by atoms with Crippen LogP contribution < -0.4 is 5.32 Å². The summed E-state index contributed by atoms with van der Waals surface area (Å²) in [5, 5.41) is 20.9. The first kappa shape index (κ1) is 33.6. The minimum absolute atomic E-state index is 0. The van der Waals surface area contributed by atoms with E-state index in [-0.39, 0.29) is 37.6 Å². The van der Waals surface area contributed by atoms with E-state index in [4.69, 9.17) is 10.2 Å². The van der Waals surface area contributed by atoms with Crippen LogP contribution in [0.3, 0.4) is 0 Å². The van der Waals surface area contributed by atoms with E-state index in [1.807, 2.05) is 0 Å². The molecule has 0 unspecified atom stereocenters. The van der Waals surface area contributed by atoms with E-state index in [9.17, 15) is 4.79 Å². The third kappa shape index (κ3) is 25.7. The van der Waals surface area contributed by atoms with Crippen LogP contribution >= 0.6 is 12.4 Å². The van der Waals surface area contributed by atoms with Crippen LogP contribution in [-0.2, 0) is 4.79 Å². The van der Waals surface area contributed by atoms with E-state index in [1.165, 1.54) is 96.3 Å². The van der Waals surface area contributed by atoms with Gasteiger partial charge in [0.1, 0.15) is 0 Å². The van der Waals surface area contributed by atoms with Crippen LogP contribution in [0, 0.1) is 0 Å². The van der Waals surface area contributed by atoms with Gasteiger partial charge in [0.2, 0.25) is 5.91 Å². The number of carbonyl (C=O) groups is 1. The SMILES string of the molecule is CCCCCCCCC=CCCCCCCCCCCCC(=O)NC(CCO)CCO.Cl. The van der Waals surface area contributed by atoms with Gasteiger partial charge in [0.25, 0.3) is 0 Å². The fourth-order valence-electron chi connectivity index (χ4n) is 3.96. The summed E-state index contributed by atoms with van der Waals surface area (Å²) in [4.78, 5) is 11.9. The summed E-state index contributed by atoms with van der Waals surface area (Å²) >= 11 is 0. The summed E-state index contributed by atoms with van der Waals surface area (Å²) in [5.41, 5.74) is 0. The van der Waals surface area contributed by atoms with Crippen LogP contribution in [0.25, 0.3) is 0 Å². The maximum atomic E-state index is 11.9. The van der Waals surface area contributed by atoms with Crippen molar-refractivity contribution < 1.29 is 15.0 Å². The van der Waals surface area contributed by atoms with Crippen molar-refractivity contribution in [2.75, 3.05) is 13.2 Å². The van der Waals surface area contributed by atoms with Gasteiger partial charge in [0.15, 0.2) is 0 Å². The van der Waals surface area contributed by atoms with Gasteiger partial charge in [-0.1, -0.05) is 96.1 Å². The van der Waals surface area contributed by atoms with E-state index < -0.39 is 0 Å². The van der Waals surface area contributed by atoms with E-state index >= 15 is 0 Å². The Hall–Kier alpha value is -0.580. The zero-order valence-corrected chi connectivity index (χ0v) is 21.8. The number of rotatable bonds is 24. The molecule has 5 heteroatoms. The van der Waals surface area contributed by atoms with Gasteiger partial charge in [-0.3, -0.25) is 4.79 Å². The number of aliphatic hydroxyl groups excluding tert-OH is 2. The van der Waals surface area contributed by atoms with Gasteiger partial charge in [-0.15, -0.1) is 12.4 Å². The molecule has 0 fully saturated rings. The first-order valence-corrected chi connectivity index (χ1v) is 13.4. The highest BCUT2D eigenvalue weighted by atomic mass is 35.5. The molecule has 0 aromatic carbocycles. The number of allylic oxidation sites excluding steroid dienone is 2. The van der Waals surface area contributed by atoms with Gasteiger partial charge in [0, 0.05) is 25.7 Å². The largest absolute Gasteiger partial charge is 0.396 e. The normalized spacial score (nSPS) is 11.2.